The van der Waals surface area contributed by atoms with Crippen LogP contribution in [0.2, 0.25) is 0 Å². The maximum atomic E-state index is 12.2. The highest BCUT2D eigenvalue weighted by molar-refractivity contribution is 5.95. The Morgan fingerprint density at radius 2 is 2.40 bits per heavy atom. The first kappa shape index (κ1) is 13.4. The normalized spacial score (nSPS) is 24.2. The lowest BCUT2D eigenvalue weighted by Gasteiger charge is -2.17. The van der Waals surface area contributed by atoms with E-state index in [1.54, 1.807) is 0 Å². The molecule has 2 unspecified atom stereocenters. The Balaban J connectivity index is 1.59. The number of carbonyl (C=O) groups is 1. The fourth-order valence-corrected chi connectivity index (χ4v) is 3.15. The molecule has 2 aliphatic rings. The Labute approximate surface area is 119 Å². The van der Waals surface area contributed by atoms with Crippen LogP contribution < -0.4 is 10.6 Å². The number of amides is 1. The van der Waals surface area contributed by atoms with Crippen LogP contribution in [0.3, 0.4) is 0 Å². The quantitative estimate of drug-likeness (QED) is 0.885. The summed E-state index contributed by atoms with van der Waals surface area (Å²) < 4.78 is 5.65. The second-order valence-electron chi connectivity index (χ2n) is 5.62. The number of hydrogen-bond donors (Lipinski definition) is 2. The number of ether oxygens (including phenoxy) is 1. The minimum atomic E-state index is 0.0291. The van der Waals surface area contributed by atoms with Crippen LogP contribution in [0.25, 0.3) is 0 Å². The van der Waals surface area contributed by atoms with Gasteiger partial charge in [-0.2, -0.15) is 0 Å². The highest BCUT2D eigenvalue weighted by Crippen LogP contribution is 2.24. The van der Waals surface area contributed by atoms with Crippen LogP contribution in [-0.2, 0) is 11.2 Å². The minimum Gasteiger partial charge on any atom is -0.384 e. The second kappa shape index (κ2) is 5.83. The van der Waals surface area contributed by atoms with Crippen LogP contribution in [0, 0.1) is 5.92 Å². The number of nitrogens with one attached hydrogen (secondary N) is 2. The van der Waals surface area contributed by atoms with Crippen molar-refractivity contribution in [3.8, 4) is 0 Å². The summed E-state index contributed by atoms with van der Waals surface area (Å²) in [6.07, 6.45) is 3.38. The number of benzene rings is 1. The van der Waals surface area contributed by atoms with Gasteiger partial charge in [0, 0.05) is 36.9 Å². The van der Waals surface area contributed by atoms with Crippen molar-refractivity contribution in [2.45, 2.75) is 32.3 Å². The number of fused-ring (bicyclic) bond motifs is 1. The van der Waals surface area contributed by atoms with Gasteiger partial charge in [-0.1, -0.05) is 6.92 Å². The molecular formula is C16H22N2O2. The molecule has 1 saturated heterocycles. The molecular weight excluding hydrogens is 252 g/mol. The standard InChI is InChI=1S/C16H22N2O2/c1-2-15-13(6-8-20-15)10-18-16(19)12-3-4-14-11(9-12)5-7-17-14/h3-4,9,13,15,17H,2,5-8,10H2,1H3,(H,18,19). The summed E-state index contributed by atoms with van der Waals surface area (Å²) in [5, 5.41) is 6.37. The fourth-order valence-electron chi connectivity index (χ4n) is 3.15. The van der Waals surface area contributed by atoms with E-state index in [1.165, 1.54) is 5.56 Å². The summed E-state index contributed by atoms with van der Waals surface area (Å²) in [5.74, 6) is 0.487. The number of hydrogen-bond acceptors (Lipinski definition) is 3. The molecule has 0 aromatic heterocycles. The monoisotopic (exact) mass is 274 g/mol. The lowest BCUT2D eigenvalue weighted by Crippen LogP contribution is -2.32. The average molecular weight is 274 g/mol. The van der Waals surface area contributed by atoms with Gasteiger partial charge in [-0.05, 0) is 43.0 Å². The number of rotatable bonds is 4. The molecule has 0 spiro atoms. The van der Waals surface area contributed by atoms with Crippen LogP contribution in [0.15, 0.2) is 18.2 Å². The molecule has 0 saturated carbocycles. The van der Waals surface area contributed by atoms with Crippen molar-refractivity contribution in [3.05, 3.63) is 29.3 Å². The van der Waals surface area contributed by atoms with E-state index in [1.807, 2.05) is 18.2 Å². The summed E-state index contributed by atoms with van der Waals surface area (Å²) >= 11 is 0. The lowest BCUT2D eigenvalue weighted by molar-refractivity contribution is 0.0827. The highest BCUT2D eigenvalue weighted by Gasteiger charge is 2.27. The summed E-state index contributed by atoms with van der Waals surface area (Å²) in [4.78, 5) is 12.2. The van der Waals surface area contributed by atoms with Gasteiger partial charge < -0.3 is 15.4 Å². The smallest absolute Gasteiger partial charge is 0.251 e. The first-order valence-corrected chi connectivity index (χ1v) is 7.54. The molecule has 1 aromatic carbocycles. The molecule has 1 amide bonds. The molecule has 4 heteroatoms. The van der Waals surface area contributed by atoms with Crippen molar-refractivity contribution in [1.29, 1.82) is 0 Å². The Morgan fingerprint density at radius 1 is 1.50 bits per heavy atom. The Kier molecular flexibility index (Phi) is 3.92. The maximum Gasteiger partial charge on any atom is 0.251 e. The maximum absolute atomic E-state index is 12.2. The third-order valence-electron chi connectivity index (χ3n) is 4.35. The lowest BCUT2D eigenvalue weighted by atomic mass is 9.99. The molecule has 1 fully saturated rings. The molecule has 1 aromatic rings. The van der Waals surface area contributed by atoms with Gasteiger partial charge in [-0.25, -0.2) is 0 Å². The van der Waals surface area contributed by atoms with Gasteiger partial charge in [0.05, 0.1) is 6.10 Å². The van der Waals surface area contributed by atoms with E-state index in [0.29, 0.717) is 18.6 Å². The molecule has 2 N–H and O–H groups in total. The van der Waals surface area contributed by atoms with Gasteiger partial charge in [0.2, 0.25) is 0 Å². The van der Waals surface area contributed by atoms with Gasteiger partial charge in [-0.15, -0.1) is 0 Å². The Morgan fingerprint density at radius 3 is 3.25 bits per heavy atom. The van der Waals surface area contributed by atoms with E-state index in [-0.39, 0.29) is 5.91 Å². The topological polar surface area (TPSA) is 50.4 Å². The van der Waals surface area contributed by atoms with Crippen LogP contribution in [0.4, 0.5) is 5.69 Å². The summed E-state index contributed by atoms with van der Waals surface area (Å²) in [7, 11) is 0. The average Bonchev–Trinajstić information content (AvgIpc) is 3.12. The Hall–Kier alpha value is -1.55. The first-order chi connectivity index (χ1) is 9.78. The van der Waals surface area contributed by atoms with Crippen LogP contribution in [0.5, 0.6) is 0 Å². The van der Waals surface area contributed by atoms with E-state index in [4.69, 9.17) is 4.74 Å². The van der Waals surface area contributed by atoms with Crippen molar-refractivity contribution in [1.82, 2.24) is 5.32 Å². The molecule has 0 radical (unpaired) electrons. The SMILES string of the molecule is CCC1OCCC1CNC(=O)c1ccc2c(c1)CCN2. The van der Waals surface area contributed by atoms with Gasteiger partial charge >= 0.3 is 0 Å². The third-order valence-corrected chi connectivity index (χ3v) is 4.35. The molecule has 108 valence electrons. The van der Waals surface area contributed by atoms with E-state index in [2.05, 4.69) is 17.6 Å². The molecule has 2 aliphatic heterocycles. The van der Waals surface area contributed by atoms with Crippen molar-refractivity contribution in [3.63, 3.8) is 0 Å². The van der Waals surface area contributed by atoms with Crippen LogP contribution >= 0.6 is 0 Å². The van der Waals surface area contributed by atoms with Crippen molar-refractivity contribution < 1.29 is 9.53 Å². The molecule has 2 atom stereocenters. The summed E-state index contributed by atoms with van der Waals surface area (Å²) in [6, 6.07) is 5.91. The minimum absolute atomic E-state index is 0.0291. The summed E-state index contributed by atoms with van der Waals surface area (Å²) in [6.45, 7) is 4.65. The second-order valence-corrected chi connectivity index (χ2v) is 5.62. The number of carbonyl (C=O) groups excluding carboxylic acids is 1. The largest absolute Gasteiger partial charge is 0.384 e. The van der Waals surface area contributed by atoms with Crippen molar-refractivity contribution in [2.75, 3.05) is 25.0 Å². The van der Waals surface area contributed by atoms with Gasteiger partial charge in [-0.3, -0.25) is 4.79 Å². The van der Waals surface area contributed by atoms with E-state index >= 15 is 0 Å². The fraction of sp³-hybridized carbons (Fsp3) is 0.562. The van der Waals surface area contributed by atoms with E-state index in [9.17, 15) is 4.79 Å². The molecule has 2 heterocycles. The first-order valence-electron chi connectivity index (χ1n) is 7.54. The third kappa shape index (κ3) is 2.66. The van der Waals surface area contributed by atoms with E-state index in [0.717, 1.165) is 43.7 Å². The summed E-state index contributed by atoms with van der Waals surface area (Å²) in [5.41, 5.74) is 3.17. The van der Waals surface area contributed by atoms with Crippen LogP contribution in [0.1, 0.15) is 35.7 Å². The molecule has 20 heavy (non-hydrogen) atoms. The predicted octanol–water partition coefficient (Wildman–Crippen LogP) is 2.20. The highest BCUT2D eigenvalue weighted by atomic mass is 16.5. The molecule has 0 aliphatic carbocycles. The number of anilines is 1. The molecule has 4 nitrogen and oxygen atoms in total. The van der Waals surface area contributed by atoms with Crippen molar-refractivity contribution >= 4 is 11.6 Å². The van der Waals surface area contributed by atoms with Crippen molar-refractivity contribution in [2.24, 2.45) is 5.92 Å². The van der Waals surface area contributed by atoms with Crippen LogP contribution in [-0.4, -0.2) is 31.7 Å². The van der Waals surface area contributed by atoms with Gasteiger partial charge in [0.1, 0.15) is 0 Å². The molecule has 3 rings (SSSR count). The van der Waals surface area contributed by atoms with E-state index < -0.39 is 0 Å². The zero-order chi connectivity index (χ0) is 13.9. The predicted molar refractivity (Wildman–Crippen MR) is 79.1 cm³/mol. The molecule has 0 bridgehead atoms. The van der Waals surface area contributed by atoms with Gasteiger partial charge in [0.15, 0.2) is 0 Å². The Bertz CT molecular complexity index is 501. The van der Waals surface area contributed by atoms with Gasteiger partial charge in [0.25, 0.3) is 5.91 Å². The zero-order valence-corrected chi connectivity index (χ0v) is 11.9. The zero-order valence-electron chi connectivity index (χ0n) is 11.9.